The number of aryl methyl sites for hydroxylation is 1. The van der Waals surface area contributed by atoms with Gasteiger partial charge in [-0.15, -0.1) is 0 Å². The number of ether oxygens (including phenoxy) is 4. The van der Waals surface area contributed by atoms with E-state index in [1.54, 1.807) is 0 Å². The molecule has 168 valence electrons. The highest BCUT2D eigenvalue weighted by Crippen LogP contribution is 2.37. The summed E-state index contributed by atoms with van der Waals surface area (Å²) in [4.78, 5) is 47.9. The molecule has 1 aromatic carbocycles. The lowest BCUT2D eigenvalue weighted by molar-refractivity contribution is -0.186. The van der Waals surface area contributed by atoms with Crippen molar-refractivity contribution in [3.63, 3.8) is 0 Å². The van der Waals surface area contributed by atoms with Crippen LogP contribution in [0.2, 0.25) is 0 Å². The maximum absolute atomic E-state index is 12.6. The van der Waals surface area contributed by atoms with Crippen LogP contribution in [0.1, 0.15) is 45.6 Å². The van der Waals surface area contributed by atoms with Crippen molar-refractivity contribution in [1.82, 2.24) is 0 Å². The Hall–Kier alpha value is -3.16. The summed E-state index contributed by atoms with van der Waals surface area (Å²) < 4.78 is 21.1. The SMILES string of the molecule is COC(=O)[C@]1(OC(C)=O)C=C(CCCc2ccccc2)[C@@H](OC(C)=O)C(OC(C)=O)C1. The Morgan fingerprint density at radius 3 is 2.13 bits per heavy atom. The fourth-order valence-corrected chi connectivity index (χ4v) is 3.77. The Kier molecular flexibility index (Phi) is 8.36. The first-order valence-corrected chi connectivity index (χ1v) is 10.0. The molecule has 0 fully saturated rings. The monoisotopic (exact) mass is 432 g/mol. The Bertz CT molecular complexity index is 844. The first kappa shape index (κ1) is 24.1. The zero-order valence-corrected chi connectivity index (χ0v) is 18.2. The van der Waals surface area contributed by atoms with Gasteiger partial charge in [-0.3, -0.25) is 14.4 Å². The minimum atomic E-state index is -1.78. The minimum Gasteiger partial charge on any atom is -0.466 e. The van der Waals surface area contributed by atoms with Crippen LogP contribution in [0.4, 0.5) is 0 Å². The first-order valence-electron chi connectivity index (χ1n) is 10.0. The fraction of sp³-hybridized carbons (Fsp3) is 0.478. The van der Waals surface area contributed by atoms with Crippen LogP contribution in [0.25, 0.3) is 0 Å². The summed E-state index contributed by atoms with van der Waals surface area (Å²) in [7, 11) is 1.18. The Morgan fingerprint density at radius 1 is 0.935 bits per heavy atom. The van der Waals surface area contributed by atoms with Crippen molar-refractivity contribution in [1.29, 1.82) is 0 Å². The van der Waals surface area contributed by atoms with E-state index in [0.29, 0.717) is 18.4 Å². The molecule has 3 atom stereocenters. The number of carbonyl (C=O) groups excluding carboxylic acids is 4. The third kappa shape index (κ3) is 6.67. The third-order valence-electron chi connectivity index (χ3n) is 4.87. The molecule has 0 bridgehead atoms. The van der Waals surface area contributed by atoms with E-state index in [1.165, 1.54) is 34.0 Å². The van der Waals surface area contributed by atoms with Crippen LogP contribution < -0.4 is 0 Å². The summed E-state index contributed by atoms with van der Waals surface area (Å²) in [6, 6.07) is 9.81. The van der Waals surface area contributed by atoms with E-state index in [1.807, 2.05) is 30.3 Å². The predicted molar refractivity (Wildman–Crippen MR) is 110 cm³/mol. The maximum Gasteiger partial charge on any atom is 0.354 e. The molecule has 0 saturated heterocycles. The smallest absolute Gasteiger partial charge is 0.354 e. The zero-order valence-electron chi connectivity index (χ0n) is 18.2. The third-order valence-corrected chi connectivity index (χ3v) is 4.87. The Morgan fingerprint density at radius 2 is 1.58 bits per heavy atom. The standard InChI is InChI=1S/C23H28O8/c1-15(24)29-20-14-23(22(27)28-4,31-17(3)26)13-19(21(20)30-16(2)25)12-8-11-18-9-6-5-7-10-18/h5-7,9-10,13,20-21H,8,11-12,14H2,1-4H3/t20?,21-,23+/m1/s1. The van der Waals surface area contributed by atoms with E-state index in [4.69, 9.17) is 18.9 Å². The molecule has 0 aliphatic heterocycles. The van der Waals surface area contributed by atoms with E-state index < -0.39 is 41.7 Å². The van der Waals surface area contributed by atoms with Crippen LogP contribution >= 0.6 is 0 Å². The molecule has 0 saturated carbocycles. The predicted octanol–water partition coefficient (Wildman–Crippen LogP) is 2.68. The first-order chi connectivity index (χ1) is 14.7. The number of hydrogen-bond acceptors (Lipinski definition) is 8. The largest absolute Gasteiger partial charge is 0.466 e. The van der Waals surface area contributed by atoms with Crippen molar-refractivity contribution in [2.45, 2.75) is 64.3 Å². The number of carbonyl (C=O) groups is 4. The molecule has 0 amide bonds. The highest BCUT2D eigenvalue weighted by Gasteiger charge is 2.51. The van der Waals surface area contributed by atoms with E-state index in [9.17, 15) is 19.2 Å². The molecular weight excluding hydrogens is 404 g/mol. The molecule has 2 rings (SSSR count). The van der Waals surface area contributed by atoms with Crippen molar-refractivity contribution < 1.29 is 38.1 Å². The summed E-state index contributed by atoms with van der Waals surface area (Å²) in [6.45, 7) is 3.64. The summed E-state index contributed by atoms with van der Waals surface area (Å²) in [5.74, 6) is -2.68. The van der Waals surface area contributed by atoms with Gasteiger partial charge in [0.25, 0.3) is 0 Å². The number of benzene rings is 1. The van der Waals surface area contributed by atoms with Crippen LogP contribution in [0.3, 0.4) is 0 Å². The molecule has 1 unspecified atom stereocenters. The van der Waals surface area contributed by atoms with E-state index in [0.717, 1.165) is 12.0 Å². The Balaban J connectivity index is 2.42. The van der Waals surface area contributed by atoms with Gasteiger partial charge in [-0.25, -0.2) is 4.79 Å². The van der Waals surface area contributed by atoms with Gasteiger partial charge in [-0.05, 0) is 36.5 Å². The minimum absolute atomic E-state index is 0.223. The van der Waals surface area contributed by atoms with Gasteiger partial charge in [0.1, 0.15) is 6.10 Å². The van der Waals surface area contributed by atoms with Crippen molar-refractivity contribution in [3.05, 3.63) is 47.5 Å². The van der Waals surface area contributed by atoms with E-state index in [-0.39, 0.29) is 6.42 Å². The van der Waals surface area contributed by atoms with Gasteiger partial charge in [-0.2, -0.15) is 0 Å². The summed E-state index contributed by atoms with van der Waals surface area (Å²) in [5, 5.41) is 0. The Labute approximate surface area is 181 Å². The lowest BCUT2D eigenvalue weighted by Gasteiger charge is -2.39. The van der Waals surface area contributed by atoms with Crippen molar-refractivity contribution in [2.75, 3.05) is 7.11 Å². The van der Waals surface area contributed by atoms with Crippen LogP contribution in [0, 0.1) is 0 Å². The molecule has 0 radical (unpaired) electrons. The normalized spacial score (nSPS) is 22.6. The maximum atomic E-state index is 12.6. The van der Waals surface area contributed by atoms with Crippen LogP contribution in [0.15, 0.2) is 42.0 Å². The quantitative estimate of drug-likeness (QED) is 0.351. The number of methoxy groups -OCH3 is 1. The average molecular weight is 432 g/mol. The summed E-state index contributed by atoms with van der Waals surface area (Å²) >= 11 is 0. The molecule has 1 aliphatic carbocycles. The van der Waals surface area contributed by atoms with Gasteiger partial charge < -0.3 is 18.9 Å². The molecule has 8 nitrogen and oxygen atoms in total. The number of esters is 4. The highest BCUT2D eigenvalue weighted by molar-refractivity contribution is 5.86. The van der Waals surface area contributed by atoms with Gasteiger partial charge in [0.2, 0.25) is 5.60 Å². The molecule has 0 heterocycles. The van der Waals surface area contributed by atoms with E-state index >= 15 is 0 Å². The van der Waals surface area contributed by atoms with Gasteiger partial charge in [0, 0.05) is 27.2 Å². The van der Waals surface area contributed by atoms with Crippen LogP contribution in [-0.4, -0.2) is 48.8 Å². The van der Waals surface area contributed by atoms with Gasteiger partial charge >= 0.3 is 23.9 Å². The van der Waals surface area contributed by atoms with Crippen molar-refractivity contribution in [3.8, 4) is 0 Å². The molecule has 0 N–H and O–H groups in total. The van der Waals surface area contributed by atoms with Crippen molar-refractivity contribution in [2.24, 2.45) is 0 Å². The molecule has 1 aromatic rings. The fourth-order valence-electron chi connectivity index (χ4n) is 3.77. The lowest BCUT2D eigenvalue weighted by Crippen LogP contribution is -2.53. The molecule has 0 aromatic heterocycles. The second-order valence-corrected chi connectivity index (χ2v) is 7.42. The molecule has 31 heavy (non-hydrogen) atoms. The second-order valence-electron chi connectivity index (χ2n) is 7.42. The molecule has 1 aliphatic rings. The lowest BCUT2D eigenvalue weighted by atomic mass is 9.80. The number of rotatable bonds is 8. The molecule has 8 heteroatoms. The highest BCUT2D eigenvalue weighted by atomic mass is 16.6. The van der Waals surface area contributed by atoms with Gasteiger partial charge in [-0.1, -0.05) is 30.3 Å². The topological polar surface area (TPSA) is 105 Å². The summed E-state index contributed by atoms with van der Waals surface area (Å²) in [6.07, 6.45) is 1.16. The second kappa shape index (κ2) is 10.7. The number of hydrogen-bond donors (Lipinski definition) is 0. The van der Waals surface area contributed by atoms with Gasteiger partial charge in [0.15, 0.2) is 6.10 Å². The summed E-state index contributed by atoms with van der Waals surface area (Å²) in [5.41, 5.74) is -0.131. The zero-order chi connectivity index (χ0) is 23.0. The van der Waals surface area contributed by atoms with Gasteiger partial charge in [0.05, 0.1) is 7.11 Å². The van der Waals surface area contributed by atoms with E-state index in [2.05, 4.69) is 0 Å². The average Bonchev–Trinajstić information content (AvgIpc) is 2.69. The molecular formula is C23H28O8. The van der Waals surface area contributed by atoms with Crippen molar-refractivity contribution >= 4 is 23.9 Å². The van der Waals surface area contributed by atoms with Crippen LogP contribution in [0.5, 0.6) is 0 Å². The van der Waals surface area contributed by atoms with Crippen LogP contribution in [-0.2, 0) is 44.5 Å². The molecule has 0 spiro atoms.